The van der Waals surface area contributed by atoms with Crippen molar-refractivity contribution in [1.29, 1.82) is 0 Å². The summed E-state index contributed by atoms with van der Waals surface area (Å²) in [7, 11) is 0. The highest BCUT2D eigenvalue weighted by Gasteiger charge is 2.33. The van der Waals surface area contributed by atoms with Crippen LogP contribution < -0.4 is 5.32 Å². The van der Waals surface area contributed by atoms with Crippen LogP contribution in [0.4, 0.5) is 4.39 Å². The Kier molecular flexibility index (Phi) is 6.35. The van der Waals surface area contributed by atoms with Gasteiger partial charge in [-0.3, -0.25) is 9.59 Å². The molecule has 2 amide bonds. The lowest BCUT2D eigenvalue weighted by Crippen LogP contribution is -2.31. The van der Waals surface area contributed by atoms with Crippen molar-refractivity contribution in [1.82, 2.24) is 20.4 Å². The van der Waals surface area contributed by atoms with Gasteiger partial charge in [0.05, 0.1) is 6.04 Å². The molecular weight excluding hydrogens is 399 g/mol. The van der Waals surface area contributed by atoms with E-state index in [0.29, 0.717) is 36.8 Å². The van der Waals surface area contributed by atoms with Gasteiger partial charge < -0.3 is 14.7 Å². The van der Waals surface area contributed by atoms with Crippen molar-refractivity contribution in [2.45, 2.75) is 38.3 Å². The summed E-state index contributed by atoms with van der Waals surface area (Å²) in [6.45, 7) is 0.973. The van der Waals surface area contributed by atoms with Crippen LogP contribution in [0.3, 0.4) is 0 Å². The smallest absolute Gasteiger partial charge is 0.254 e. The lowest BCUT2D eigenvalue weighted by atomic mass is 10.1. The van der Waals surface area contributed by atoms with Crippen LogP contribution in [0.1, 0.15) is 52.9 Å². The number of carbonyl (C=O) groups excluding carboxylic acids is 2. The first kappa shape index (κ1) is 20.7. The molecule has 0 aliphatic carbocycles. The van der Waals surface area contributed by atoms with Crippen LogP contribution in [0.2, 0.25) is 0 Å². The number of carbonyl (C=O) groups is 2. The molecule has 1 fully saturated rings. The second-order valence-corrected chi connectivity index (χ2v) is 7.47. The molecule has 1 unspecified atom stereocenters. The quantitative estimate of drug-likeness (QED) is 0.630. The Morgan fingerprint density at radius 3 is 2.68 bits per heavy atom. The van der Waals surface area contributed by atoms with Gasteiger partial charge in [-0.05, 0) is 42.7 Å². The van der Waals surface area contributed by atoms with E-state index in [1.807, 2.05) is 18.2 Å². The Bertz CT molecular complexity index is 1040. The summed E-state index contributed by atoms with van der Waals surface area (Å²) in [6, 6.07) is 14.9. The highest BCUT2D eigenvalue weighted by Crippen LogP contribution is 2.31. The maximum Gasteiger partial charge on any atom is 0.254 e. The second-order valence-electron chi connectivity index (χ2n) is 7.47. The topological polar surface area (TPSA) is 88.3 Å². The predicted molar refractivity (Wildman–Crippen MR) is 110 cm³/mol. The standard InChI is InChI=1S/C23H23FN4O3/c24-18-10-8-16(9-11-18)15-25-20(29)12-13-21-26-22(27-31-21)19-7-4-14-28(19)23(30)17-5-2-1-3-6-17/h1-3,5-6,8-11,19H,4,7,12-15H2,(H,25,29). The molecule has 8 heteroatoms. The van der Waals surface area contributed by atoms with Crippen molar-refractivity contribution in [2.75, 3.05) is 6.54 Å². The Hall–Kier alpha value is -3.55. The number of hydrogen-bond acceptors (Lipinski definition) is 5. The number of benzene rings is 2. The molecule has 0 saturated carbocycles. The molecular formula is C23H23FN4O3. The zero-order chi connectivity index (χ0) is 21.6. The molecule has 0 spiro atoms. The van der Waals surface area contributed by atoms with Gasteiger partial charge in [-0.15, -0.1) is 0 Å². The number of hydrogen-bond donors (Lipinski definition) is 1. The molecule has 1 aliphatic rings. The van der Waals surface area contributed by atoms with Gasteiger partial charge in [-0.25, -0.2) is 4.39 Å². The third-order valence-electron chi connectivity index (χ3n) is 5.29. The van der Waals surface area contributed by atoms with E-state index in [2.05, 4.69) is 15.5 Å². The van der Waals surface area contributed by atoms with E-state index in [4.69, 9.17) is 4.52 Å². The van der Waals surface area contributed by atoms with Gasteiger partial charge in [0.15, 0.2) is 5.82 Å². The minimum atomic E-state index is -0.312. The van der Waals surface area contributed by atoms with Crippen molar-refractivity contribution in [3.8, 4) is 0 Å². The molecule has 1 N–H and O–H groups in total. The monoisotopic (exact) mass is 422 g/mol. The largest absolute Gasteiger partial charge is 0.352 e. The minimum Gasteiger partial charge on any atom is -0.352 e. The van der Waals surface area contributed by atoms with Crippen LogP contribution in [-0.4, -0.2) is 33.4 Å². The molecule has 2 aromatic carbocycles. The molecule has 3 aromatic rings. The Morgan fingerprint density at radius 2 is 1.90 bits per heavy atom. The molecule has 0 bridgehead atoms. The zero-order valence-corrected chi connectivity index (χ0v) is 17.0. The van der Waals surface area contributed by atoms with Crippen LogP contribution in [0.5, 0.6) is 0 Å². The normalized spacial score (nSPS) is 15.8. The van der Waals surface area contributed by atoms with E-state index in [-0.39, 0.29) is 30.1 Å². The number of amides is 2. The molecule has 2 heterocycles. The van der Waals surface area contributed by atoms with Crippen molar-refractivity contribution in [2.24, 2.45) is 0 Å². The van der Waals surface area contributed by atoms with Crippen LogP contribution in [0.25, 0.3) is 0 Å². The first-order valence-corrected chi connectivity index (χ1v) is 10.3. The Labute approximate surface area is 179 Å². The van der Waals surface area contributed by atoms with Crippen molar-refractivity contribution >= 4 is 11.8 Å². The van der Waals surface area contributed by atoms with E-state index >= 15 is 0 Å². The third kappa shape index (κ3) is 5.14. The molecule has 31 heavy (non-hydrogen) atoms. The van der Waals surface area contributed by atoms with Gasteiger partial charge in [0.25, 0.3) is 5.91 Å². The maximum atomic E-state index is 12.9. The molecule has 0 radical (unpaired) electrons. The highest BCUT2D eigenvalue weighted by molar-refractivity contribution is 5.94. The fourth-order valence-corrected chi connectivity index (χ4v) is 3.64. The number of likely N-dealkylation sites (tertiary alicyclic amines) is 1. The first-order valence-electron chi connectivity index (χ1n) is 10.3. The summed E-state index contributed by atoms with van der Waals surface area (Å²) in [5, 5.41) is 6.84. The number of rotatable bonds is 7. The second kappa shape index (κ2) is 9.51. The minimum absolute atomic E-state index is 0.0466. The third-order valence-corrected chi connectivity index (χ3v) is 5.29. The van der Waals surface area contributed by atoms with Crippen LogP contribution >= 0.6 is 0 Å². The van der Waals surface area contributed by atoms with Gasteiger partial charge in [-0.2, -0.15) is 4.98 Å². The predicted octanol–water partition coefficient (Wildman–Crippen LogP) is 3.44. The maximum absolute atomic E-state index is 12.9. The number of aromatic nitrogens is 2. The van der Waals surface area contributed by atoms with Gasteiger partial charge in [0, 0.05) is 31.5 Å². The van der Waals surface area contributed by atoms with Crippen molar-refractivity contribution < 1.29 is 18.5 Å². The number of halogens is 1. The fraction of sp³-hybridized carbons (Fsp3) is 0.304. The highest BCUT2D eigenvalue weighted by atomic mass is 19.1. The SMILES string of the molecule is O=C(CCc1nc(C2CCCN2C(=O)c2ccccc2)no1)NCc1ccc(F)cc1. The van der Waals surface area contributed by atoms with Crippen LogP contribution in [0.15, 0.2) is 59.1 Å². The van der Waals surface area contributed by atoms with Crippen molar-refractivity contribution in [3.05, 3.63) is 83.3 Å². The molecule has 1 aliphatic heterocycles. The van der Waals surface area contributed by atoms with E-state index < -0.39 is 0 Å². The van der Waals surface area contributed by atoms with E-state index in [1.165, 1.54) is 12.1 Å². The molecule has 4 rings (SSSR count). The van der Waals surface area contributed by atoms with Gasteiger partial charge >= 0.3 is 0 Å². The van der Waals surface area contributed by atoms with E-state index in [0.717, 1.165) is 18.4 Å². The van der Waals surface area contributed by atoms with Gasteiger partial charge in [0.1, 0.15) is 5.82 Å². The van der Waals surface area contributed by atoms with Gasteiger partial charge in [0.2, 0.25) is 11.8 Å². The lowest BCUT2D eigenvalue weighted by molar-refractivity contribution is -0.121. The number of aryl methyl sites for hydroxylation is 1. The molecule has 1 saturated heterocycles. The fourth-order valence-electron chi connectivity index (χ4n) is 3.64. The first-order chi connectivity index (χ1) is 15.1. The van der Waals surface area contributed by atoms with Crippen LogP contribution in [-0.2, 0) is 17.8 Å². The molecule has 1 atom stereocenters. The van der Waals surface area contributed by atoms with E-state index in [9.17, 15) is 14.0 Å². The average molecular weight is 422 g/mol. The number of nitrogens with zero attached hydrogens (tertiary/aromatic N) is 3. The summed E-state index contributed by atoms with van der Waals surface area (Å²) in [5.41, 5.74) is 1.45. The summed E-state index contributed by atoms with van der Waals surface area (Å²) < 4.78 is 18.2. The summed E-state index contributed by atoms with van der Waals surface area (Å²) in [4.78, 5) is 31.1. The van der Waals surface area contributed by atoms with Crippen LogP contribution in [0, 0.1) is 5.82 Å². The number of nitrogens with one attached hydrogen (secondary N) is 1. The molecule has 160 valence electrons. The molecule has 1 aromatic heterocycles. The van der Waals surface area contributed by atoms with E-state index in [1.54, 1.807) is 29.2 Å². The Morgan fingerprint density at radius 1 is 1.13 bits per heavy atom. The summed E-state index contributed by atoms with van der Waals surface area (Å²) in [5.74, 6) is 0.323. The average Bonchev–Trinajstić information content (AvgIpc) is 3.47. The zero-order valence-electron chi connectivity index (χ0n) is 17.0. The van der Waals surface area contributed by atoms with Gasteiger partial charge in [-0.1, -0.05) is 35.5 Å². The summed E-state index contributed by atoms with van der Waals surface area (Å²) in [6.07, 6.45) is 2.15. The molecule has 7 nitrogen and oxygen atoms in total. The Balaban J connectivity index is 1.31. The van der Waals surface area contributed by atoms with Crippen molar-refractivity contribution in [3.63, 3.8) is 0 Å². The summed E-state index contributed by atoms with van der Waals surface area (Å²) >= 11 is 0. The lowest BCUT2D eigenvalue weighted by Gasteiger charge is -2.22.